The zero-order valence-electron chi connectivity index (χ0n) is 20.8. The lowest BCUT2D eigenvalue weighted by molar-refractivity contribution is 0.0193. The van der Waals surface area contributed by atoms with Crippen LogP contribution in [-0.2, 0) is 22.4 Å². The van der Waals surface area contributed by atoms with Crippen LogP contribution in [-0.4, -0.2) is 39.4 Å². The van der Waals surface area contributed by atoms with E-state index in [9.17, 15) is 4.79 Å². The van der Waals surface area contributed by atoms with E-state index in [0.29, 0.717) is 30.6 Å². The molecule has 5 nitrogen and oxygen atoms in total. The molecule has 0 spiro atoms. The van der Waals surface area contributed by atoms with Crippen molar-refractivity contribution in [3.8, 4) is 17.6 Å². The molecular weight excluding hydrogens is 462 g/mol. The van der Waals surface area contributed by atoms with E-state index in [0.717, 1.165) is 55.1 Å². The number of fused-ring (bicyclic) bond motifs is 2. The third kappa shape index (κ3) is 5.94. The molecule has 1 aliphatic carbocycles. The second kappa shape index (κ2) is 11.8. The Bertz CT molecular complexity index is 1110. The Morgan fingerprint density at radius 2 is 2.03 bits per heavy atom. The molecule has 4 rings (SSSR count). The molecule has 0 bridgehead atoms. The maximum absolute atomic E-state index is 12.4. The predicted molar refractivity (Wildman–Crippen MR) is 139 cm³/mol. The minimum absolute atomic E-state index is 0.0640. The number of carbonyl (C=O) groups is 1. The fraction of sp³-hybridized carbons (Fsp3) is 0.483. The van der Waals surface area contributed by atoms with Gasteiger partial charge in [0.1, 0.15) is 11.9 Å². The summed E-state index contributed by atoms with van der Waals surface area (Å²) in [4.78, 5) is 14.7. The number of aryl methyl sites for hydroxylation is 1. The molecule has 1 saturated carbocycles. The van der Waals surface area contributed by atoms with Crippen molar-refractivity contribution in [1.82, 2.24) is 0 Å². The maximum Gasteiger partial charge on any atom is 0.337 e. The van der Waals surface area contributed by atoms with Gasteiger partial charge in [-0.1, -0.05) is 23.6 Å². The SMILES string of the molecule is CC#C[C@H](OC)[C@@H]1CC[C@H]1CN1Cc2ccc(Cl)cc2CCCCOc2ccc(C(=O)OC)cc21. The number of carbonyl (C=O) groups excluding carboxylic acids is 1. The second-order valence-corrected chi connectivity index (χ2v) is 9.76. The Morgan fingerprint density at radius 1 is 1.17 bits per heavy atom. The normalized spacial score (nSPS) is 20.5. The molecule has 2 aromatic carbocycles. The molecule has 1 heterocycles. The Kier molecular flexibility index (Phi) is 8.59. The highest BCUT2D eigenvalue weighted by molar-refractivity contribution is 6.30. The minimum atomic E-state index is -0.353. The van der Waals surface area contributed by atoms with Gasteiger partial charge in [-0.2, -0.15) is 0 Å². The molecule has 0 N–H and O–H groups in total. The van der Waals surface area contributed by atoms with E-state index in [1.165, 1.54) is 18.2 Å². The van der Waals surface area contributed by atoms with Crippen LogP contribution in [0.15, 0.2) is 36.4 Å². The van der Waals surface area contributed by atoms with Crippen molar-refractivity contribution in [2.45, 2.75) is 51.7 Å². The van der Waals surface area contributed by atoms with Crippen LogP contribution in [0, 0.1) is 23.7 Å². The Morgan fingerprint density at radius 3 is 2.74 bits per heavy atom. The molecule has 0 unspecified atom stereocenters. The van der Waals surface area contributed by atoms with Crippen LogP contribution < -0.4 is 9.64 Å². The van der Waals surface area contributed by atoms with Crippen molar-refractivity contribution in [1.29, 1.82) is 0 Å². The largest absolute Gasteiger partial charge is 0.491 e. The highest BCUT2D eigenvalue weighted by Crippen LogP contribution is 2.41. The number of halogens is 1. The van der Waals surface area contributed by atoms with Gasteiger partial charge in [0.25, 0.3) is 0 Å². The third-order valence-corrected chi connectivity index (χ3v) is 7.44. The average molecular weight is 496 g/mol. The van der Waals surface area contributed by atoms with Gasteiger partial charge in [0.05, 0.1) is 25.0 Å². The first kappa shape index (κ1) is 25.4. The van der Waals surface area contributed by atoms with Crippen molar-refractivity contribution in [2.24, 2.45) is 11.8 Å². The fourth-order valence-electron chi connectivity index (χ4n) is 5.15. The van der Waals surface area contributed by atoms with Gasteiger partial charge in [-0.15, -0.1) is 5.92 Å². The van der Waals surface area contributed by atoms with E-state index in [-0.39, 0.29) is 12.1 Å². The van der Waals surface area contributed by atoms with Gasteiger partial charge < -0.3 is 19.1 Å². The van der Waals surface area contributed by atoms with Gasteiger partial charge >= 0.3 is 5.97 Å². The summed E-state index contributed by atoms with van der Waals surface area (Å²) in [6, 6.07) is 11.8. The quantitative estimate of drug-likeness (QED) is 0.381. The predicted octanol–water partition coefficient (Wildman–Crippen LogP) is 5.91. The lowest BCUT2D eigenvalue weighted by Gasteiger charge is -2.43. The van der Waals surface area contributed by atoms with Gasteiger partial charge in [0.2, 0.25) is 0 Å². The van der Waals surface area contributed by atoms with Crippen LogP contribution in [0.1, 0.15) is 54.1 Å². The van der Waals surface area contributed by atoms with Crippen LogP contribution in [0.25, 0.3) is 0 Å². The van der Waals surface area contributed by atoms with E-state index in [1.807, 2.05) is 25.1 Å². The van der Waals surface area contributed by atoms with Crippen molar-refractivity contribution < 1.29 is 19.0 Å². The maximum atomic E-state index is 12.4. The van der Waals surface area contributed by atoms with Gasteiger partial charge in [-0.3, -0.25) is 0 Å². The number of hydrogen-bond donors (Lipinski definition) is 0. The summed E-state index contributed by atoms with van der Waals surface area (Å²) in [6.07, 6.45) is 5.08. The molecule has 1 fully saturated rings. The van der Waals surface area contributed by atoms with Crippen molar-refractivity contribution in [3.63, 3.8) is 0 Å². The summed E-state index contributed by atoms with van der Waals surface area (Å²) in [6.45, 7) is 4.00. The van der Waals surface area contributed by atoms with E-state index in [2.05, 4.69) is 28.9 Å². The minimum Gasteiger partial charge on any atom is -0.491 e. The molecule has 6 heteroatoms. The van der Waals surface area contributed by atoms with Crippen molar-refractivity contribution >= 4 is 23.3 Å². The summed E-state index contributed by atoms with van der Waals surface area (Å²) in [7, 11) is 3.15. The first-order valence-corrected chi connectivity index (χ1v) is 12.7. The monoisotopic (exact) mass is 495 g/mol. The lowest BCUT2D eigenvalue weighted by Crippen LogP contribution is -2.43. The smallest absolute Gasteiger partial charge is 0.337 e. The molecule has 0 saturated heterocycles. The molecule has 0 radical (unpaired) electrons. The van der Waals surface area contributed by atoms with E-state index < -0.39 is 0 Å². The van der Waals surface area contributed by atoms with Gasteiger partial charge in [0.15, 0.2) is 0 Å². The van der Waals surface area contributed by atoms with Crippen LogP contribution in [0.2, 0.25) is 5.02 Å². The molecule has 35 heavy (non-hydrogen) atoms. The molecule has 0 aromatic heterocycles. The van der Waals surface area contributed by atoms with Gasteiger partial charge in [0, 0.05) is 31.1 Å². The van der Waals surface area contributed by atoms with Crippen molar-refractivity contribution in [2.75, 3.05) is 32.3 Å². The molecule has 186 valence electrons. The van der Waals surface area contributed by atoms with E-state index >= 15 is 0 Å². The highest BCUT2D eigenvalue weighted by atomic mass is 35.5. The second-order valence-electron chi connectivity index (χ2n) is 9.33. The zero-order valence-corrected chi connectivity index (χ0v) is 21.6. The average Bonchev–Trinajstić information content (AvgIpc) is 2.88. The highest BCUT2D eigenvalue weighted by Gasteiger charge is 2.38. The lowest BCUT2D eigenvalue weighted by atomic mass is 9.70. The Balaban J connectivity index is 1.74. The number of esters is 1. The number of nitrogens with zero attached hydrogens (tertiary/aromatic N) is 1. The zero-order chi connectivity index (χ0) is 24.8. The fourth-order valence-corrected chi connectivity index (χ4v) is 5.35. The summed E-state index contributed by atoms with van der Waals surface area (Å²) in [5.74, 6) is 7.50. The summed E-state index contributed by atoms with van der Waals surface area (Å²) < 4.78 is 17.0. The Hall–Kier alpha value is -2.68. The van der Waals surface area contributed by atoms with Gasteiger partial charge in [-0.25, -0.2) is 4.79 Å². The number of hydrogen-bond acceptors (Lipinski definition) is 5. The van der Waals surface area contributed by atoms with Gasteiger partial charge in [-0.05, 0) is 86.4 Å². The summed E-state index contributed by atoms with van der Waals surface area (Å²) >= 11 is 6.36. The Labute approximate surface area is 213 Å². The molecular formula is C29H34ClNO4. The third-order valence-electron chi connectivity index (χ3n) is 7.21. The number of methoxy groups -OCH3 is 2. The molecule has 3 atom stereocenters. The number of benzene rings is 2. The molecule has 2 aromatic rings. The molecule has 0 amide bonds. The summed E-state index contributed by atoms with van der Waals surface area (Å²) in [5.41, 5.74) is 3.95. The topological polar surface area (TPSA) is 48.0 Å². The number of ether oxygens (including phenoxy) is 3. The first-order chi connectivity index (χ1) is 17.0. The standard InChI is InChI=1S/C29H34ClNO4/c1-4-7-27(33-2)25-13-10-23(25)19-31-18-22-9-12-24(30)16-20(22)8-5-6-15-35-28-14-11-21(17-26(28)31)29(32)34-3/h9,11-12,14,16-17,23,25,27H,5-6,8,10,13,15,18-19H2,1-3H3/t23-,25+,27-/m0/s1. The number of anilines is 1. The van der Waals surface area contributed by atoms with E-state index in [4.69, 9.17) is 25.8 Å². The number of rotatable bonds is 5. The van der Waals surface area contributed by atoms with Crippen LogP contribution in [0.5, 0.6) is 5.75 Å². The first-order valence-electron chi connectivity index (χ1n) is 12.4. The summed E-state index contributed by atoms with van der Waals surface area (Å²) in [5, 5.41) is 0.759. The van der Waals surface area contributed by atoms with E-state index in [1.54, 1.807) is 13.2 Å². The van der Waals surface area contributed by atoms with Crippen LogP contribution in [0.4, 0.5) is 5.69 Å². The van der Waals surface area contributed by atoms with Crippen LogP contribution >= 0.6 is 11.6 Å². The van der Waals surface area contributed by atoms with Crippen LogP contribution in [0.3, 0.4) is 0 Å². The molecule has 1 aliphatic heterocycles. The molecule has 2 aliphatic rings. The van der Waals surface area contributed by atoms with Crippen molar-refractivity contribution in [3.05, 3.63) is 58.1 Å².